The maximum absolute atomic E-state index is 12.6. The lowest BCUT2D eigenvalue weighted by molar-refractivity contribution is 0.0919. The number of hydrogen-bond donors (Lipinski definition) is 2. The van der Waals surface area contributed by atoms with Crippen molar-refractivity contribution in [2.45, 2.75) is 51.6 Å². The molecule has 2 N–H and O–H groups in total. The average molecular weight is 328 g/mol. The molecule has 1 amide bonds. The molecule has 0 saturated heterocycles. The molecule has 7 nitrogen and oxygen atoms in total. The van der Waals surface area contributed by atoms with Crippen molar-refractivity contribution in [2.75, 3.05) is 6.54 Å². The summed E-state index contributed by atoms with van der Waals surface area (Å²) in [7, 11) is 0. The van der Waals surface area contributed by atoms with Crippen LogP contribution in [0.5, 0.6) is 0 Å². The van der Waals surface area contributed by atoms with E-state index in [4.69, 9.17) is 0 Å². The normalized spacial score (nSPS) is 20.8. The van der Waals surface area contributed by atoms with Gasteiger partial charge in [0.05, 0.1) is 0 Å². The predicted molar refractivity (Wildman–Crippen MR) is 91.1 cm³/mol. The first-order valence-electron chi connectivity index (χ1n) is 8.54. The summed E-state index contributed by atoms with van der Waals surface area (Å²) in [6, 6.07) is 2.52. The quantitative estimate of drug-likeness (QED) is 0.871. The summed E-state index contributed by atoms with van der Waals surface area (Å²) in [6.07, 6.45) is 9.25. The molecule has 1 saturated carbocycles. The minimum absolute atomic E-state index is 0.131. The summed E-state index contributed by atoms with van der Waals surface area (Å²) in [5.74, 6) is 0.335. The molecule has 7 heteroatoms. The van der Waals surface area contributed by atoms with Gasteiger partial charge in [0.1, 0.15) is 12.0 Å². The van der Waals surface area contributed by atoms with E-state index < -0.39 is 0 Å². The summed E-state index contributed by atoms with van der Waals surface area (Å²) in [4.78, 5) is 25.3. The summed E-state index contributed by atoms with van der Waals surface area (Å²) < 4.78 is 1.70. The summed E-state index contributed by atoms with van der Waals surface area (Å²) in [6.45, 7) is 4.99. The smallest absolute Gasteiger partial charge is 0.270 e. The Morgan fingerprint density at radius 3 is 2.67 bits per heavy atom. The Labute approximate surface area is 141 Å². The molecule has 0 radical (unpaired) electrons. The van der Waals surface area contributed by atoms with Gasteiger partial charge in [-0.2, -0.15) is 0 Å². The van der Waals surface area contributed by atoms with Gasteiger partial charge in [-0.05, 0) is 45.2 Å². The summed E-state index contributed by atoms with van der Waals surface area (Å²) in [5.41, 5.74) is 1.16. The highest BCUT2D eigenvalue weighted by atomic mass is 16.1. The number of imidazole rings is 1. The topological polar surface area (TPSA) is 84.7 Å². The van der Waals surface area contributed by atoms with Gasteiger partial charge in [0.15, 0.2) is 0 Å². The molecule has 2 aromatic heterocycles. The van der Waals surface area contributed by atoms with Crippen molar-refractivity contribution in [3.8, 4) is 5.95 Å². The van der Waals surface area contributed by atoms with Crippen molar-refractivity contribution < 1.29 is 4.79 Å². The van der Waals surface area contributed by atoms with Gasteiger partial charge in [-0.3, -0.25) is 9.36 Å². The maximum atomic E-state index is 12.6. The number of aromatic nitrogens is 4. The molecule has 1 aliphatic rings. The number of aryl methyl sites for hydroxylation is 1. The Morgan fingerprint density at radius 2 is 2.00 bits per heavy atom. The molecular weight excluding hydrogens is 304 g/mol. The Bertz CT molecular complexity index is 676. The van der Waals surface area contributed by atoms with E-state index >= 15 is 0 Å². The van der Waals surface area contributed by atoms with Crippen LogP contribution >= 0.6 is 0 Å². The molecule has 0 aliphatic heterocycles. The fraction of sp³-hybridized carbons (Fsp3) is 0.529. The molecule has 24 heavy (non-hydrogen) atoms. The molecule has 0 spiro atoms. The van der Waals surface area contributed by atoms with E-state index in [0.717, 1.165) is 37.9 Å². The van der Waals surface area contributed by atoms with Crippen LogP contribution in [0.4, 0.5) is 0 Å². The first-order chi connectivity index (χ1) is 11.7. The van der Waals surface area contributed by atoms with Gasteiger partial charge >= 0.3 is 0 Å². The first kappa shape index (κ1) is 16.6. The highest BCUT2D eigenvalue weighted by molar-refractivity contribution is 5.92. The van der Waals surface area contributed by atoms with Crippen LogP contribution in [0.3, 0.4) is 0 Å². The summed E-state index contributed by atoms with van der Waals surface area (Å²) in [5, 5.41) is 6.59. The van der Waals surface area contributed by atoms with Crippen molar-refractivity contribution in [3.05, 3.63) is 36.2 Å². The standard InChI is InChI=1S/C17H24N6O/c1-3-19-13-4-6-14(7-5-13)21-16(24)15-10-12(2)20-17(22-15)23-9-8-18-11-23/h8-11,13-14,19H,3-7H2,1-2H3,(H,21,24)/t13-,14-. The minimum atomic E-state index is -0.131. The monoisotopic (exact) mass is 328 g/mol. The van der Waals surface area contributed by atoms with Gasteiger partial charge in [0.2, 0.25) is 5.95 Å². The van der Waals surface area contributed by atoms with E-state index in [1.165, 1.54) is 0 Å². The Balaban J connectivity index is 1.65. The Kier molecular flexibility index (Phi) is 5.20. The number of carbonyl (C=O) groups excluding carboxylic acids is 1. The molecule has 2 heterocycles. The molecule has 0 aromatic carbocycles. The number of nitrogens with zero attached hydrogens (tertiary/aromatic N) is 4. The Hall–Kier alpha value is -2.28. The third-order valence-electron chi connectivity index (χ3n) is 4.37. The van der Waals surface area contributed by atoms with E-state index in [0.29, 0.717) is 17.7 Å². The highest BCUT2D eigenvalue weighted by Crippen LogP contribution is 2.19. The zero-order chi connectivity index (χ0) is 16.9. The van der Waals surface area contributed by atoms with Gasteiger partial charge < -0.3 is 10.6 Å². The third kappa shape index (κ3) is 3.97. The van der Waals surface area contributed by atoms with Crippen LogP contribution in [0.2, 0.25) is 0 Å². The zero-order valence-electron chi connectivity index (χ0n) is 14.2. The second-order valence-electron chi connectivity index (χ2n) is 6.24. The molecule has 0 bridgehead atoms. The number of amides is 1. The van der Waals surface area contributed by atoms with Gasteiger partial charge in [-0.1, -0.05) is 6.92 Å². The zero-order valence-corrected chi connectivity index (χ0v) is 14.2. The lowest BCUT2D eigenvalue weighted by atomic mass is 9.91. The molecule has 0 atom stereocenters. The van der Waals surface area contributed by atoms with Crippen LogP contribution in [0.15, 0.2) is 24.8 Å². The van der Waals surface area contributed by atoms with Gasteiger partial charge in [-0.15, -0.1) is 0 Å². The van der Waals surface area contributed by atoms with E-state index in [-0.39, 0.29) is 11.9 Å². The Morgan fingerprint density at radius 1 is 1.25 bits per heavy atom. The molecule has 3 rings (SSSR count). The molecular formula is C17H24N6O. The van der Waals surface area contributed by atoms with Crippen molar-refractivity contribution in [1.29, 1.82) is 0 Å². The fourth-order valence-corrected chi connectivity index (χ4v) is 3.15. The maximum Gasteiger partial charge on any atom is 0.270 e. The van der Waals surface area contributed by atoms with Gasteiger partial charge in [-0.25, -0.2) is 15.0 Å². The van der Waals surface area contributed by atoms with Crippen LogP contribution in [0, 0.1) is 6.92 Å². The molecule has 2 aromatic rings. The third-order valence-corrected chi connectivity index (χ3v) is 4.37. The van der Waals surface area contributed by atoms with Gasteiger partial charge in [0.25, 0.3) is 5.91 Å². The van der Waals surface area contributed by atoms with Crippen LogP contribution in [0.1, 0.15) is 48.8 Å². The van der Waals surface area contributed by atoms with E-state index in [2.05, 4.69) is 32.5 Å². The van der Waals surface area contributed by atoms with Crippen molar-refractivity contribution in [3.63, 3.8) is 0 Å². The lowest BCUT2D eigenvalue weighted by Crippen LogP contribution is -2.42. The van der Waals surface area contributed by atoms with Crippen LogP contribution in [-0.4, -0.2) is 44.1 Å². The second-order valence-corrected chi connectivity index (χ2v) is 6.24. The van der Waals surface area contributed by atoms with E-state index in [1.54, 1.807) is 29.4 Å². The molecule has 128 valence electrons. The first-order valence-corrected chi connectivity index (χ1v) is 8.54. The lowest BCUT2D eigenvalue weighted by Gasteiger charge is -2.29. The highest BCUT2D eigenvalue weighted by Gasteiger charge is 2.23. The van der Waals surface area contributed by atoms with E-state index in [1.807, 2.05) is 6.92 Å². The van der Waals surface area contributed by atoms with Crippen molar-refractivity contribution in [1.82, 2.24) is 30.2 Å². The molecule has 0 unspecified atom stereocenters. The number of nitrogens with one attached hydrogen (secondary N) is 2. The number of hydrogen-bond acceptors (Lipinski definition) is 5. The number of rotatable bonds is 5. The second kappa shape index (κ2) is 7.53. The number of carbonyl (C=O) groups is 1. The van der Waals surface area contributed by atoms with Crippen LogP contribution in [-0.2, 0) is 0 Å². The predicted octanol–water partition coefficient (Wildman–Crippen LogP) is 1.62. The SMILES string of the molecule is CCN[C@H]1CC[C@H](NC(=O)c2cc(C)nc(-n3ccnc3)n2)CC1. The van der Waals surface area contributed by atoms with Crippen LogP contribution < -0.4 is 10.6 Å². The van der Waals surface area contributed by atoms with Crippen molar-refractivity contribution >= 4 is 5.91 Å². The van der Waals surface area contributed by atoms with Crippen LogP contribution in [0.25, 0.3) is 5.95 Å². The summed E-state index contributed by atoms with van der Waals surface area (Å²) >= 11 is 0. The average Bonchev–Trinajstić information content (AvgIpc) is 3.11. The molecule has 1 aliphatic carbocycles. The van der Waals surface area contributed by atoms with Crippen molar-refractivity contribution in [2.24, 2.45) is 0 Å². The molecule has 1 fully saturated rings. The van der Waals surface area contributed by atoms with Gasteiger partial charge in [0, 0.05) is 30.2 Å². The minimum Gasteiger partial charge on any atom is -0.348 e. The van der Waals surface area contributed by atoms with E-state index in [9.17, 15) is 4.79 Å². The largest absolute Gasteiger partial charge is 0.348 e. The fourth-order valence-electron chi connectivity index (χ4n) is 3.15.